The maximum absolute atomic E-state index is 14.4. The number of rotatable bonds is 9. The molecule has 2 atom stereocenters. The Hall–Kier alpha value is -3.40. The topological polar surface area (TPSA) is 113 Å². The molecule has 1 aromatic carbocycles. The summed E-state index contributed by atoms with van der Waals surface area (Å²) in [6.45, 7) is 1.84. The summed E-state index contributed by atoms with van der Waals surface area (Å²) >= 11 is 0. The summed E-state index contributed by atoms with van der Waals surface area (Å²) in [4.78, 5) is 28.2. The molecule has 0 bridgehead atoms. The van der Waals surface area contributed by atoms with E-state index in [1.54, 1.807) is 18.5 Å². The molecule has 1 aliphatic rings. The first-order valence-corrected chi connectivity index (χ1v) is 9.39. The molecule has 1 aromatic heterocycles. The van der Waals surface area contributed by atoms with Gasteiger partial charge < -0.3 is 25.2 Å². The molecule has 10 heteroatoms. The van der Waals surface area contributed by atoms with Crippen molar-refractivity contribution in [2.45, 2.75) is 19.1 Å². The van der Waals surface area contributed by atoms with E-state index in [-0.39, 0.29) is 37.9 Å². The Labute approximate surface area is 172 Å². The molecule has 3 N–H and O–H groups in total. The summed E-state index contributed by atoms with van der Waals surface area (Å²) in [5.74, 6) is -0.936. The highest BCUT2D eigenvalue weighted by Gasteiger charge is 2.32. The molecule has 2 heterocycles. The lowest BCUT2D eigenvalue weighted by atomic mass is 10.2. The lowest BCUT2D eigenvalue weighted by Crippen LogP contribution is -2.33. The summed E-state index contributed by atoms with van der Waals surface area (Å²) in [7, 11) is 0. The lowest BCUT2D eigenvalue weighted by Gasteiger charge is -2.16. The molecule has 1 aliphatic heterocycles. The molecule has 0 radical (unpaired) electrons. The maximum atomic E-state index is 14.4. The van der Waals surface area contributed by atoms with Gasteiger partial charge in [-0.1, -0.05) is 0 Å². The Kier molecular flexibility index (Phi) is 7.02. The first-order valence-electron chi connectivity index (χ1n) is 9.39. The van der Waals surface area contributed by atoms with Crippen molar-refractivity contribution in [3.05, 3.63) is 48.5 Å². The van der Waals surface area contributed by atoms with Crippen molar-refractivity contribution >= 4 is 23.4 Å². The third kappa shape index (κ3) is 5.80. The number of benzene rings is 1. The van der Waals surface area contributed by atoms with E-state index in [0.29, 0.717) is 5.69 Å². The average Bonchev–Trinajstić information content (AvgIpc) is 3.11. The smallest absolute Gasteiger partial charge is 0.414 e. The van der Waals surface area contributed by atoms with Gasteiger partial charge in [0, 0.05) is 31.9 Å². The quantitative estimate of drug-likeness (QED) is 0.566. The fraction of sp³-hybridized carbons (Fsp3) is 0.350. The van der Waals surface area contributed by atoms with E-state index in [9.17, 15) is 19.1 Å². The van der Waals surface area contributed by atoms with Crippen LogP contribution in [0.25, 0.3) is 0 Å². The fourth-order valence-corrected chi connectivity index (χ4v) is 2.82. The molecule has 1 saturated heterocycles. The predicted molar refractivity (Wildman–Crippen MR) is 107 cm³/mol. The Morgan fingerprint density at radius 1 is 1.47 bits per heavy atom. The monoisotopic (exact) mass is 418 g/mol. The average molecular weight is 418 g/mol. The number of halogens is 1. The number of hydrogen-bond acceptors (Lipinski definition) is 7. The van der Waals surface area contributed by atoms with Gasteiger partial charge in [-0.05, 0) is 24.3 Å². The van der Waals surface area contributed by atoms with Gasteiger partial charge in [0.1, 0.15) is 18.8 Å². The van der Waals surface area contributed by atoms with E-state index >= 15 is 0 Å². The number of cyclic esters (lactones) is 1. The molecular formula is C20H23FN4O5. The first kappa shape index (κ1) is 21.3. The number of pyridine rings is 1. The van der Waals surface area contributed by atoms with Gasteiger partial charge in [-0.2, -0.15) is 0 Å². The Morgan fingerprint density at radius 2 is 2.30 bits per heavy atom. The summed E-state index contributed by atoms with van der Waals surface area (Å²) in [5.41, 5.74) is 1.07. The van der Waals surface area contributed by atoms with Crippen LogP contribution in [0.1, 0.15) is 6.92 Å². The van der Waals surface area contributed by atoms with Crippen LogP contribution in [0.3, 0.4) is 0 Å². The number of aromatic nitrogens is 1. The van der Waals surface area contributed by atoms with Crippen LogP contribution in [0.15, 0.2) is 42.7 Å². The normalized spacial score (nSPS) is 16.7. The summed E-state index contributed by atoms with van der Waals surface area (Å²) in [6, 6.07) is 7.65. The van der Waals surface area contributed by atoms with E-state index in [0.717, 1.165) is 11.8 Å². The third-order valence-electron chi connectivity index (χ3n) is 4.31. The van der Waals surface area contributed by atoms with E-state index in [1.165, 1.54) is 24.0 Å². The van der Waals surface area contributed by atoms with Crippen molar-refractivity contribution in [3.63, 3.8) is 0 Å². The van der Waals surface area contributed by atoms with Crippen molar-refractivity contribution in [1.82, 2.24) is 10.3 Å². The van der Waals surface area contributed by atoms with Crippen molar-refractivity contribution in [2.24, 2.45) is 0 Å². The van der Waals surface area contributed by atoms with Crippen molar-refractivity contribution < 1.29 is 28.6 Å². The van der Waals surface area contributed by atoms with Gasteiger partial charge in [0.25, 0.3) is 0 Å². The molecule has 2 amide bonds. The molecule has 0 saturated carbocycles. The fourth-order valence-electron chi connectivity index (χ4n) is 2.82. The number of anilines is 2. The molecule has 160 valence electrons. The molecule has 3 rings (SSSR count). The van der Waals surface area contributed by atoms with E-state index < -0.39 is 24.1 Å². The van der Waals surface area contributed by atoms with Crippen LogP contribution < -0.4 is 20.3 Å². The molecule has 2 aromatic rings. The highest BCUT2D eigenvalue weighted by Crippen LogP contribution is 2.27. The zero-order valence-corrected chi connectivity index (χ0v) is 16.4. The molecule has 1 fully saturated rings. The number of amides is 2. The summed E-state index contributed by atoms with van der Waals surface area (Å²) in [5, 5.41) is 15.6. The van der Waals surface area contributed by atoms with Crippen LogP contribution >= 0.6 is 0 Å². The van der Waals surface area contributed by atoms with Crippen molar-refractivity contribution in [1.29, 1.82) is 0 Å². The van der Waals surface area contributed by atoms with E-state index in [1.807, 2.05) is 6.07 Å². The Balaban J connectivity index is 1.51. The molecule has 9 nitrogen and oxygen atoms in total. The number of ether oxygens (including phenoxy) is 2. The minimum absolute atomic E-state index is 0.0402. The van der Waals surface area contributed by atoms with Crippen LogP contribution in [0.2, 0.25) is 0 Å². The van der Waals surface area contributed by atoms with Gasteiger partial charge in [-0.3, -0.25) is 14.7 Å². The molecule has 0 spiro atoms. The van der Waals surface area contributed by atoms with Gasteiger partial charge in [0.05, 0.1) is 24.5 Å². The largest absolute Gasteiger partial charge is 0.488 e. The molecule has 0 aliphatic carbocycles. The van der Waals surface area contributed by atoms with Crippen LogP contribution in [-0.4, -0.2) is 60.5 Å². The SMILES string of the molecule is CC(=O)NC[C@H]1CN(c2ccc(OC[C@H](O)CNc3cccnc3)c(F)c2)C(=O)O1. The van der Waals surface area contributed by atoms with Crippen LogP contribution in [0.5, 0.6) is 5.75 Å². The lowest BCUT2D eigenvalue weighted by molar-refractivity contribution is -0.119. The molecular weight excluding hydrogens is 395 g/mol. The third-order valence-corrected chi connectivity index (χ3v) is 4.31. The number of nitrogens with zero attached hydrogens (tertiary/aromatic N) is 2. The predicted octanol–water partition coefficient (Wildman–Crippen LogP) is 1.53. The summed E-state index contributed by atoms with van der Waals surface area (Å²) < 4.78 is 24.9. The minimum atomic E-state index is -0.868. The van der Waals surface area contributed by atoms with Gasteiger partial charge in [-0.25, -0.2) is 9.18 Å². The zero-order valence-electron chi connectivity index (χ0n) is 16.4. The van der Waals surface area contributed by atoms with Gasteiger partial charge in [-0.15, -0.1) is 0 Å². The van der Waals surface area contributed by atoms with E-state index in [2.05, 4.69) is 15.6 Å². The highest BCUT2D eigenvalue weighted by molar-refractivity contribution is 5.89. The maximum Gasteiger partial charge on any atom is 0.414 e. The zero-order chi connectivity index (χ0) is 21.5. The minimum Gasteiger partial charge on any atom is -0.488 e. The van der Waals surface area contributed by atoms with Gasteiger partial charge in [0.15, 0.2) is 11.6 Å². The van der Waals surface area contributed by atoms with Crippen LogP contribution in [0.4, 0.5) is 20.6 Å². The van der Waals surface area contributed by atoms with E-state index in [4.69, 9.17) is 9.47 Å². The Morgan fingerprint density at radius 3 is 3.00 bits per heavy atom. The van der Waals surface area contributed by atoms with Crippen LogP contribution in [-0.2, 0) is 9.53 Å². The molecule has 30 heavy (non-hydrogen) atoms. The Bertz CT molecular complexity index is 883. The van der Waals surface area contributed by atoms with Gasteiger partial charge >= 0.3 is 6.09 Å². The highest BCUT2D eigenvalue weighted by atomic mass is 19.1. The standard InChI is InChI=1S/C20H23FN4O5/c1-13(26)23-10-17-11-25(20(28)30-17)15-4-5-19(18(21)7-15)29-12-16(27)9-24-14-3-2-6-22-8-14/h2-8,16-17,24,27H,9-12H2,1H3,(H,23,26)/t16-,17+/m1/s1. The number of aliphatic hydroxyl groups excluding tert-OH is 1. The number of carbonyl (C=O) groups excluding carboxylic acids is 2. The summed E-state index contributed by atoms with van der Waals surface area (Å²) in [6.07, 6.45) is 1.27. The second-order valence-electron chi connectivity index (χ2n) is 6.76. The van der Waals surface area contributed by atoms with Crippen molar-refractivity contribution in [3.8, 4) is 5.75 Å². The first-order chi connectivity index (χ1) is 14.4. The van der Waals surface area contributed by atoms with Crippen LogP contribution in [0, 0.1) is 5.82 Å². The second kappa shape index (κ2) is 9.88. The second-order valence-corrected chi connectivity index (χ2v) is 6.76. The number of carbonyl (C=O) groups is 2. The number of hydrogen-bond donors (Lipinski definition) is 3. The number of aliphatic hydroxyl groups is 1. The van der Waals surface area contributed by atoms with Crippen molar-refractivity contribution in [2.75, 3.05) is 36.5 Å². The van der Waals surface area contributed by atoms with Gasteiger partial charge in [0.2, 0.25) is 5.91 Å². The number of nitrogens with one attached hydrogen (secondary N) is 2. The molecule has 0 unspecified atom stereocenters.